The molecule has 13 rings (SSSR count). The van der Waals surface area contributed by atoms with Gasteiger partial charge in [-0.2, -0.15) is 0 Å². The second kappa shape index (κ2) is 34.2. The molecule has 0 aromatic heterocycles. The number of imide groups is 2. The first-order valence-corrected chi connectivity index (χ1v) is 38.3. The van der Waals surface area contributed by atoms with E-state index in [1.165, 1.54) is 160 Å². The summed E-state index contributed by atoms with van der Waals surface area (Å²) in [4.78, 5) is 184. The highest BCUT2D eigenvalue weighted by Gasteiger charge is 2.48. The van der Waals surface area contributed by atoms with E-state index in [1.54, 1.807) is 0 Å². The molecule has 2 fully saturated rings. The van der Waals surface area contributed by atoms with E-state index >= 15 is 28.8 Å². The van der Waals surface area contributed by atoms with E-state index in [4.69, 9.17) is 56.8 Å². The normalized spacial score (nSPS) is 15.3. The van der Waals surface area contributed by atoms with Gasteiger partial charge in [0.15, 0.2) is 0 Å². The molecule has 9 aromatic rings. The van der Waals surface area contributed by atoms with E-state index in [2.05, 4.69) is 0 Å². The van der Waals surface area contributed by atoms with Crippen LogP contribution in [0.1, 0.15) is 164 Å². The van der Waals surface area contributed by atoms with Crippen molar-refractivity contribution in [3.8, 4) is 46.0 Å². The minimum atomic E-state index is -1.57. The highest BCUT2D eigenvalue weighted by molar-refractivity contribution is 6.45. The average Bonchev–Trinajstić information content (AvgIpc) is 1.55. The van der Waals surface area contributed by atoms with Crippen molar-refractivity contribution in [3.05, 3.63) is 166 Å². The number of rotatable bonds is 34. The first kappa shape index (κ1) is 81.5. The van der Waals surface area contributed by atoms with Crippen LogP contribution in [0.4, 0.5) is 0 Å². The third kappa shape index (κ3) is 17.0. The lowest BCUT2D eigenvalue weighted by molar-refractivity contribution is -0.147. The molecule has 0 saturated carbocycles. The monoisotopic (exact) mass is 1580 g/mol. The average molecular weight is 1590 g/mol. The van der Waals surface area contributed by atoms with Crippen LogP contribution in [-0.2, 0) is 57.1 Å². The number of esters is 6. The molecule has 0 radical (unpaired) electrons. The molecule has 4 heterocycles. The number of nitrogens with zero attached hydrogens (tertiary/aromatic N) is 4. The molecule has 604 valence electrons. The molecule has 4 aliphatic heterocycles. The molecule has 28 heteroatoms. The van der Waals surface area contributed by atoms with Crippen molar-refractivity contribution >= 4 is 114 Å². The number of amides is 6. The zero-order valence-electron chi connectivity index (χ0n) is 66.2. The summed E-state index contributed by atoms with van der Waals surface area (Å²) in [7, 11) is 4.76. The molecule has 9 aromatic carbocycles. The summed E-state index contributed by atoms with van der Waals surface area (Å²) in [5, 5.41) is -0.389. The maximum Gasteiger partial charge on any atom is 0.337 e. The van der Waals surface area contributed by atoms with E-state index in [0.29, 0.717) is 13.2 Å². The molecule has 28 nitrogen and oxygen atoms in total. The van der Waals surface area contributed by atoms with Crippen molar-refractivity contribution < 1.29 is 114 Å². The van der Waals surface area contributed by atoms with E-state index in [1.807, 2.05) is 55.4 Å². The quantitative estimate of drug-likeness (QED) is 0.00903. The summed E-state index contributed by atoms with van der Waals surface area (Å²) in [5.41, 5.74) is -0.931. The van der Waals surface area contributed by atoms with Crippen LogP contribution in [0.5, 0.6) is 46.0 Å². The molecule has 4 aliphatic rings. The second-order valence-electron chi connectivity index (χ2n) is 30.6. The summed E-state index contributed by atoms with van der Waals surface area (Å²) in [5.74, 6) is -11.9. The molecule has 4 atom stereocenters. The Hall–Kier alpha value is -12.6. The fourth-order valence-electron chi connectivity index (χ4n) is 14.9. The van der Waals surface area contributed by atoms with Gasteiger partial charge in [-0.25, -0.2) is 19.2 Å². The van der Waals surface area contributed by atoms with Gasteiger partial charge in [-0.1, -0.05) is 79.7 Å². The minimum Gasteiger partial charge on any atom is -0.465 e. The van der Waals surface area contributed by atoms with E-state index in [9.17, 15) is 28.8 Å². The number of ether oxygens (including phenoxy) is 12. The van der Waals surface area contributed by atoms with Crippen LogP contribution in [0.2, 0.25) is 0 Å². The summed E-state index contributed by atoms with van der Waals surface area (Å²) >= 11 is 0. The van der Waals surface area contributed by atoms with Crippen molar-refractivity contribution in [3.63, 3.8) is 0 Å². The molecule has 0 aliphatic carbocycles. The van der Waals surface area contributed by atoms with E-state index < -0.39 is 83.3 Å². The van der Waals surface area contributed by atoms with Crippen LogP contribution < -0.4 is 18.9 Å². The predicted molar refractivity (Wildman–Crippen MR) is 420 cm³/mol. The third-order valence-electron chi connectivity index (χ3n) is 20.1. The van der Waals surface area contributed by atoms with Crippen LogP contribution in [0.15, 0.2) is 121 Å². The zero-order chi connectivity index (χ0) is 82.8. The highest BCUT2D eigenvalue weighted by atomic mass is 16.6. The Morgan fingerprint density at radius 3 is 0.879 bits per heavy atom. The molecule has 2 saturated heterocycles. The number of benzene rings is 9. The Kier molecular flexibility index (Phi) is 24.0. The van der Waals surface area contributed by atoms with Crippen molar-refractivity contribution in [1.82, 2.24) is 19.6 Å². The van der Waals surface area contributed by atoms with Gasteiger partial charge in [0.25, 0.3) is 23.6 Å². The maximum absolute atomic E-state index is 16.7. The van der Waals surface area contributed by atoms with Gasteiger partial charge >= 0.3 is 35.8 Å². The van der Waals surface area contributed by atoms with Crippen LogP contribution in [0, 0.1) is 23.7 Å². The number of carbonyl (C=O) groups is 12. The second-order valence-corrected chi connectivity index (χ2v) is 30.6. The largest absolute Gasteiger partial charge is 0.465 e. The number of hydrogen-bond donors (Lipinski definition) is 0. The number of carbonyl (C=O) groups excluding carboxylic acids is 12. The van der Waals surface area contributed by atoms with Gasteiger partial charge < -0.3 is 66.6 Å². The molecule has 0 N–H and O–H groups in total. The van der Waals surface area contributed by atoms with Gasteiger partial charge in [0.2, 0.25) is 11.8 Å². The van der Waals surface area contributed by atoms with Gasteiger partial charge in [-0.05, 0) is 134 Å². The molecule has 116 heavy (non-hydrogen) atoms. The Balaban J connectivity index is 1.17. The summed E-state index contributed by atoms with van der Waals surface area (Å²) in [6.45, 7) is 15.5. The van der Waals surface area contributed by atoms with Gasteiger partial charge in [0.1, 0.15) is 83.5 Å². The van der Waals surface area contributed by atoms with Crippen molar-refractivity contribution in [2.24, 2.45) is 23.7 Å². The fraction of sp³-hybridized carbons (Fsp3) is 0.364. The van der Waals surface area contributed by atoms with Crippen molar-refractivity contribution in [1.29, 1.82) is 0 Å². The molecular formula is C88H88N4O24. The van der Waals surface area contributed by atoms with Gasteiger partial charge in [0, 0.05) is 69.3 Å². The number of hydrogen-bond acceptors (Lipinski definition) is 24. The zero-order valence-corrected chi connectivity index (χ0v) is 66.2. The van der Waals surface area contributed by atoms with Crippen LogP contribution >= 0.6 is 0 Å². The standard InChI is InChI=1S/C88H88N4O24/c1-45(2)29-63(83(99)89(39-47(5)6)27-25-69(93)111-43-57-41-109-57)91-79(95)59-35-65(113-53-21-13-17-49(31-53)85(101)105-9)73-75-67(115-55-23-15-19-51(33-55)87(103)107-11)37-61-72-62(82(98)92(81(61)97)64(30-46(3)4)84(100)90(40-48(7)8)28-26-70(94)112-44-58-42-110-58)38-68(116-56-24-16-20-52(34-56)88(104)108-12)76(78(72)75)74-66(36-60(80(91)96)71(59)77(73)74)114-54-22-14-18-50(32-54)86(102)106-10/h13-24,31-38,45-48,57-58,63-64H,25-30,39-44H2,1-12H3. The Labute approximate surface area is 667 Å². The van der Waals surface area contributed by atoms with Crippen LogP contribution in [0.3, 0.4) is 0 Å². The van der Waals surface area contributed by atoms with Gasteiger partial charge in [0.05, 0.1) is 99.0 Å². The lowest BCUT2D eigenvalue weighted by Gasteiger charge is -2.38. The Bertz CT molecular complexity index is 4880. The highest BCUT2D eigenvalue weighted by Crippen LogP contribution is 2.58. The lowest BCUT2D eigenvalue weighted by atomic mass is 9.80. The number of methoxy groups -OCH3 is 4. The number of epoxide rings is 2. The molecule has 6 amide bonds. The third-order valence-corrected chi connectivity index (χ3v) is 20.1. The SMILES string of the molecule is COC(=O)c1cccc(Oc2cc3c4c(cc(Oc5cccc(C(=O)OC)c5)c5c6c(Oc7cccc(C(=O)OC)c7)cc7c8c(cc(Oc9cccc(C(=O)OC)c9)c(c2c45)c86)C(=O)N(C(CC(C)C)C(=O)N(CCC(=O)OCC2CO2)CC(C)C)C7=O)C(=O)N(C(CC(C)C)C(=O)N(CCC(=O)OCC2CO2)CC(C)C)C3=O)c1. The topological polar surface area (TPSA) is 335 Å². The van der Waals surface area contributed by atoms with E-state index in [0.717, 1.165) is 9.80 Å². The van der Waals surface area contributed by atoms with Gasteiger partial charge in [-0.3, -0.25) is 48.2 Å². The predicted octanol–water partition coefficient (Wildman–Crippen LogP) is 13.7. The Morgan fingerprint density at radius 1 is 0.379 bits per heavy atom. The first-order chi connectivity index (χ1) is 55.6. The van der Waals surface area contributed by atoms with Crippen LogP contribution in [-0.4, -0.2) is 196 Å². The maximum atomic E-state index is 16.7. The minimum absolute atomic E-state index is 0.00849. The molecule has 0 spiro atoms. The fourth-order valence-corrected chi connectivity index (χ4v) is 14.9. The summed E-state index contributed by atoms with van der Waals surface area (Å²) in [6.07, 6.45) is -1.18. The smallest absolute Gasteiger partial charge is 0.337 e. The summed E-state index contributed by atoms with van der Waals surface area (Å²) < 4.78 is 70.9. The van der Waals surface area contributed by atoms with Crippen molar-refractivity contribution in [2.45, 2.75) is 105 Å². The molecule has 4 unspecified atom stereocenters. The first-order valence-electron chi connectivity index (χ1n) is 38.3. The molecular weight excluding hydrogens is 1500 g/mol. The summed E-state index contributed by atoms with van der Waals surface area (Å²) in [6, 6.07) is 25.8. The van der Waals surface area contributed by atoms with Gasteiger partial charge in [-0.15, -0.1) is 0 Å². The van der Waals surface area contributed by atoms with E-state index in [-0.39, 0.29) is 235 Å². The number of fused-ring (bicyclic) bond motifs is 2. The van der Waals surface area contributed by atoms with Crippen LogP contribution in [0.25, 0.3) is 43.1 Å². The Morgan fingerprint density at radius 2 is 0.647 bits per heavy atom. The van der Waals surface area contributed by atoms with Crippen molar-refractivity contribution in [2.75, 3.05) is 81.0 Å². The molecule has 0 bridgehead atoms. The lowest BCUT2D eigenvalue weighted by Crippen LogP contribution is -2.55.